The second kappa shape index (κ2) is 11.3. The van der Waals surface area contributed by atoms with Crippen LogP contribution in [0.25, 0.3) is 0 Å². The fourth-order valence-electron chi connectivity index (χ4n) is 2.17. The van der Waals surface area contributed by atoms with E-state index in [9.17, 15) is 9.70 Å². The first-order chi connectivity index (χ1) is 11.6. The summed E-state index contributed by atoms with van der Waals surface area (Å²) in [5.74, 6) is 1.30. The van der Waals surface area contributed by atoms with Crippen molar-refractivity contribution in [1.82, 2.24) is 5.32 Å². The zero-order valence-corrected chi connectivity index (χ0v) is 14.4. The number of allylic oxidation sites excluding steroid dienone is 1. The number of hydrogen-bond acceptors (Lipinski definition) is 6. The smallest absolute Gasteiger partial charge is 0.208 e. The molecule has 1 unspecified atom stereocenters. The molecule has 6 heteroatoms. The number of carbonyl (C=O) groups is 1. The second-order valence-corrected chi connectivity index (χ2v) is 5.55. The maximum atomic E-state index is 12.0. The van der Waals surface area contributed by atoms with E-state index in [4.69, 9.17) is 9.47 Å². The molecule has 132 valence electrons. The monoisotopic (exact) mass is 334 g/mol. The van der Waals surface area contributed by atoms with Crippen molar-refractivity contribution in [1.29, 1.82) is 0 Å². The number of carbonyl (C=O) groups excluding carboxylic acids is 1. The van der Waals surface area contributed by atoms with Gasteiger partial charge in [0, 0.05) is 6.42 Å². The molecule has 0 aliphatic rings. The standard InChI is InChI=1S/C18H26N2O4/c1-14(2)24-18(19-3)17(21)8-6-4-5-7-13-23-16-11-9-15(20-22)10-12-16/h9-12,18-19H,1,4-8,13H2,2-3H3. The van der Waals surface area contributed by atoms with Gasteiger partial charge in [-0.3, -0.25) is 10.1 Å². The Morgan fingerprint density at radius 2 is 1.88 bits per heavy atom. The molecule has 0 fully saturated rings. The molecule has 0 heterocycles. The summed E-state index contributed by atoms with van der Waals surface area (Å²) >= 11 is 0. The van der Waals surface area contributed by atoms with Crippen LogP contribution in [0.15, 0.2) is 41.8 Å². The maximum Gasteiger partial charge on any atom is 0.208 e. The Hall–Kier alpha value is -2.21. The third kappa shape index (κ3) is 7.87. The van der Waals surface area contributed by atoms with E-state index in [1.54, 1.807) is 38.2 Å². The van der Waals surface area contributed by atoms with Gasteiger partial charge in [0.05, 0.1) is 12.4 Å². The Morgan fingerprint density at radius 1 is 1.21 bits per heavy atom. The quantitative estimate of drug-likeness (QED) is 0.254. The van der Waals surface area contributed by atoms with Crippen molar-refractivity contribution in [2.24, 2.45) is 5.18 Å². The zero-order chi connectivity index (χ0) is 17.8. The summed E-state index contributed by atoms with van der Waals surface area (Å²) < 4.78 is 10.9. The summed E-state index contributed by atoms with van der Waals surface area (Å²) in [6.45, 7) is 5.97. The number of rotatable bonds is 13. The van der Waals surface area contributed by atoms with Gasteiger partial charge in [-0.25, -0.2) is 0 Å². The Bertz CT molecular complexity index is 528. The van der Waals surface area contributed by atoms with E-state index in [1.165, 1.54) is 0 Å². The molecule has 1 N–H and O–H groups in total. The molecular formula is C18H26N2O4. The van der Waals surface area contributed by atoms with Crippen molar-refractivity contribution in [2.75, 3.05) is 13.7 Å². The molecule has 0 saturated heterocycles. The molecule has 0 bridgehead atoms. The van der Waals surface area contributed by atoms with Gasteiger partial charge in [-0.15, -0.1) is 4.91 Å². The second-order valence-electron chi connectivity index (χ2n) is 5.55. The van der Waals surface area contributed by atoms with Crippen LogP contribution < -0.4 is 10.1 Å². The number of nitroso groups, excluding NO2 is 1. The van der Waals surface area contributed by atoms with Crippen molar-refractivity contribution in [2.45, 2.75) is 45.3 Å². The van der Waals surface area contributed by atoms with Crippen molar-refractivity contribution < 1.29 is 14.3 Å². The third-order valence-corrected chi connectivity index (χ3v) is 3.40. The normalized spacial score (nSPS) is 11.6. The molecule has 0 amide bonds. The van der Waals surface area contributed by atoms with Crippen LogP contribution in [0.1, 0.15) is 39.0 Å². The molecule has 24 heavy (non-hydrogen) atoms. The lowest BCUT2D eigenvalue weighted by Crippen LogP contribution is -2.36. The van der Waals surface area contributed by atoms with Gasteiger partial charge in [0.15, 0.2) is 5.78 Å². The molecule has 1 atom stereocenters. The first-order valence-electron chi connectivity index (χ1n) is 8.15. The number of ether oxygens (including phenoxy) is 2. The number of hydrogen-bond donors (Lipinski definition) is 1. The first-order valence-corrected chi connectivity index (χ1v) is 8.15. The number of ketones is 1. The van der Waals surface area contributed by atoms with Crippen molar-refractivity contribution in [3.05, 3.63) is 41.5 Å². The molecule has 0 aliphatic heterocycles. The Kier molecular flexibility index (Phi) is 9.38. The van der Waals surface area contributed by atoms with Crippen LogP contribution in [-0.2, 0) is 9.53 Å². The Morgan fingerprint density at radius 3 is 2.46 bits per heavy atom. The van der Waals surface area contributed by atoms with Gasteiger partial charge in [0.25, 0.3) is 0 Å². The molecule has 1 rings (SSSR count). The number of unbranched alkanes of at least 4 members (excludes halogenated alkanes) is 3. The molecule has 6 nitrogen and oxygen atoms in total. The topological polar surface area (TPSA) is 77.0 Å². The largest absolute Gasteiger partial charge is 0.494 e. The van der Waals surface area contributed by atoms with Gasteiger partial charge in [-0.1, -0.05) is 19.4 Å². The molecule has 0 aliphatic carbocycles. The van der Waals surface area contributed by atoms with E-state index in [1.807, 2.05) is 0 Å². The van der Waals surface area contributed by atoms with Crippen molar-refractivity contribution in [3.63, 3.8) is 0 Å². The first kappa shape index (κ1) is 19.8. The van der Waals surface area contributed by atoms with Crippen molar-refractivity contribution in [3.8, 4) is 5.75 Å². The molecule has 0 radical (unpaired) electrons. The van der Waals surface area contributed by atoms with E-state index < -0.39 is 6.23 Å². The van der Waals surface area contributed by atoms with E-state index in [0.29, 0.717) is 24.5 Å². The van der Waals surface area contributed by atoms with Crippen LogP contribution in [0.3, 0.4) is 0 Å². The summed E-state index contributed by atoms with van der Waals surface area (Å²) in [6.07, 6.45) is 3.59. The highest BCUT2D eigenvalue weighted by Crippen LogP contribution is 2.18. The summed E-state index contributed by atoms with van der Waals surface area (Å²) in [4.78, 5) is 22.3. The Balaban J connectivity index is 2.10. The van der Waals surface area contributed by atoms with Crippen LogP contribution in [0.2, 0.25) is 0 Å². The van der Waals surface area contributed by atoms with Crippen LogP contribution in [-0.4, -0.2) is 25.7 Å². The van der Waals surface area contributed by atoms with Gasteiger partial charge in [-0.2, -0.15) is 0 Å². The van der Waals surface area contributed by atoms with Crippen LogP contribution in [0.5, 0.6) is 5.75 Å². The van der Waals surface area contributed by atoms with E-state index >= 15 is 0 Å². The molecular weight excluding hydrogens is 308 g/mol. The zero-order valence-electron chi connectivity index (χ0n) is 14.4. The summed E-state index contributed by atoms with van der Waals surface area (Å²) in [6, 6.07) is 6.71. The highest BCUT2D eigenvalue weighted by Gasteiger charge is 2.16. The maximum absolute atomic E-state index is 12.0. The van der Waals surface area contributed by atoms with Crippen molar-refractivity contribution >= 4 is 11.5 Å². The van der Waals surface area contributed by atoms with Gasteiger partial charge >= 0.3 is 0 Å². The number of Topliss-reactive ketones (excluding diaryl/α,β-unsaturated/α-hetero) is 1. The van der Waals surface area contributed by atoms with Gasteiger partial charge in [0.2, 0.25) is 6.23 Å². The molecule has 0 aromatic heterocycles. The highest BCUT2D eigenvalue weighted by atomic mass is 16.5. The fourth-order valence-corrected chi connectivity index (χ4v) is 2.17. The summed E-state index contributed by atoms with van der Waals surface area (Å²) in [7, 11) is 1.69. The van der Waals surface area contributed by atoms with Gasteiger partial charge in [-0.05, 0) is 56.3 Å². The van der Waals surface area contributed by atoms with Crippen LogP contribution >= 0.6 is 0 Å². The van der Waals surface area contributed by atoms with Crippen LogP contribution in [0.4, 0.5) is 5.69 Å². The number of nitrogens with zero attached hydrogens (tertiary/aromatic N) is 1. The lowest BCUT2D eigenvalue weighted by molar-refractivity contribution is -0.129. The highest BCUT2D eigenvalue weighted by molar-refractivity contribution is 5.82. The lowest BCUT2D eigenvalue weighted by atomic mass is 10.1. The molecule has 0 spiro atoms. The van der Waals surface area contributed by atoms with E-state index in [0.717, 1.165) is 31.4 Å². The molecule has 1 aromatic carbocycles. The SMILES string of the molecule is C=C(C)OC(NC)C(=O)CCCCCCOc1ccc(N=O)cc1. The predicted octanol–water partition coefficient (Wildman–Crippen LogP) is 4.08. The van der Waals surface area contributed by atoms with Gasteiger partial charge in [0.1, 0.15) is 11.4 Å². The third-order valence-electron chi connectivity index (χ3n) is 3.40. The lowest BCUT2D eigenvalue weighted by Gasteiger charge is -2.16. The summed E-state index contributed by atoms with van der Waals surface area (Å²) in [5, 5.41) is 5.68. The average Bonchev–Trinajstić information content (AvgIpc) is 2.58. The fraction of sp³-hybridized carbons (Fsp3) is 0.500. The minimum atomic E-state index is -0.602. The number of nitrogens with one attached hydrogen (secondary N) is 1. The van der Waals surface area contributed by atoms with Crippen LogP contribution in [0, 0.1) is 4.91 Å². The van der Waals surface area contributed by atoms with E-state index in [2.05, 4.69) is 17.1 Å². The van der Waals surface area contributed by atoms with E-state index in [-0.39, 0.29) is 5.78 Å². The minimum Gasteiger partial charge on any atom is -0.494 e. The van der Waals surface area contributed by atoms with Gasteiger partial charge < -0.3 is 9.47 Å². The molecule has 1 aromatic rings. The molecule has 0 saturated carbocycles. The Labute approximate surface area is 143 Å². The number of benzene rings is 1. The summed E-state index contributed by atoms with van der Waals surface area (Å²) in [5.41, 5.74) is 0.391. The predicted molar refractivity (Wildman–Crippen MR) is 94.2 cm³/mol. The average molecular weight is 334 g/mol. The number of likely N-dealkylation sites (N-methyl/N-ethyl adjacent to an activating group) is 1. The minimum absolute atomic E-state index is 0.0422.